The van der Waals surface area contributed by atoms with Crippen LogP contribution in [0, 0.1) is 0 Å². The van der Waals surface area contributed by atoms with Gasteiger partial charge in [-0.25, -0.2) is 9.59 Å². The van der Waals surface area contributed by atoms with E-state index < -0.39 is 0 Å². The Hall–Kier alpha value is -4.90. The summed E-state index contributed by atoms with van der Waals surface area (Å²) in [4.78, 5) is 38.6. The summed E-state index contributed by atoms with van der Waals surface area (Å²) in [6.45, 7) is 12.3. The number of rotatable bonds is 12. The van der Waals surface area contributed by atoms with Crippen molar-refractivity contribution < 1.29 is 19.1 Å². The lowest BCUT2D eigenvalue weighted by molar-refractivity contribution is 0.0727. The molecule has 296 valence electrons. The predicted octanol–water partition coefficient (Wildman–Crippen LogP) is 10.1. The van der Waals surface area contributed by atoms with E-state index in [1.165, 1.54) is 6.42 Å². The van der Waals surface area contributed by atoms with E-state index in [0.717, 1.165) is 87.7 Å². The van der Waals surface area contributed by atoms with Gasteiger partial charge < -0.3 is 34.1 Å². The fourth-order valence-electron chi connectivity index (χ4n) is 6.46. The number of hydrogen-bond acceptors (Lipinski definition) is 7. The highest BCUT2D eigenvalue weighted by molar-refractivity contribution is 9.10. The van der Waals surface area contributed by atoms with Crippen molar-refractivity contribution in [3.63, 3.8) is 0 Å². The molecule has 0 amide bonds. The van der Waals surface area contributed by atoms with Gasteiger partial charge in [-0.3, -0.25) is 0 Å². The maximum atomic E-state index is 12.8. The van der Waals surface area contributed by atoms with E-state index in [2.05, 4.69) is 82.6 Å². The number of nitrogens with one attached hydrogen (secondary N) is 2. The molecular formula is C46H56BrN5O4. The van der Waals surface area contributed by atoms with E-state index in [9.17, 15) is 9.59 Å². The van der Waals surface area contributed by atoms with Crippen LogP contribution in [0.5, 0.6) is 11.5 Å². The second kappa shape index (κ2) is 19.8. The second-order valence-corrected chi connectivity index (χ2v) is 15.6. The second-order valence-electron chi connectivity index (χ2n) is 14.7. The fourth-order valence-corrected chi connectivity index (χ4v) is 6.97. The van der Waals surface area contributed by atoms with Crippen LogP contribution < -0.4 is 14.4 Å². The molecule has 1 fully saturated rings. The number of likely N-dealkylation sites (N-methyl/N-ethyl adjacent to an activating group) is 2. The van der Waals surface area contributed by atoms with E-state index in [-0.39, 0.29) is 11.9 Å². The third-order valence-electron chi connectivity index (χ3n) is 9.71. The molecule has 9 nitrogen and oxygen atoms in total. The highest BCUT2D eigenvalue weighted by atomic mass is 79.9. The summed E-state index contributed by atoms with van der Waals surface area (Å²) in [5.74, 6) is 0.876. The Bertz CT molecular complexity index is 2220. The summed E-state index contributed by atoms with van der Waals surface area (Å²) in [7, 11) is 8.21. The average molecular weight is 823 g/mol. The van der Waals surface area contributed by atoms with Crippen LogP contribution in [0.3, 0.4) is 0 Å². The number of H-pyrrole nitrogens is 2. The van der Waals surface area contributed by atoms with Crippen molar-refractivity contribution in [1.82, 2.24) is 19.8 Å². The summed E-state index contributed by atoms with van der Waals surface area (Å²) in [5.41, 5.74) is 7.67. The van der Waals surface area contributed by atoms with E-state index in [0.29, 0.717) is 28.5 Å². The Morgan fingerprint density at radius 1 is 0.714 bits per heavy atom. The first-order valence-electron chi connectivity index (χ1n) is 19.5. The van der Waals surface area contributed by atoms with Crippen LogP contribution in [0.4, 0.5) is 5.69 Å². The van der Waals surface area contributed by atoms with E-state index in [1.54, 1.807) is 6.07 Å². The van der Waals surface area contributed by atoms with Crippen molar-refractivity contribution in [2.45, 2.75) is 52.9 Å². The molecule has 0 saturated carbocycles. The SMILES string of the molecule is CC.CC(C)c1cc(Br)cc(C(=O)Oc2cccc3[nH]cc(CCN(C)C)c23)c1.CN(C)CCc1c[nH]c2cccc(OC(=O)c3ccc(N4CCC4)cc3)c12. The minimum absolute atomic E-state index is 0.322. The standard InChI is InChI=1S/C22H25BrN2O2.C22H25N3O2.C2H6/c1-14(2)16-10-17(12-18(23)11-16)22(26)27-20-7-5-6-19-21(20)15(13-24-19)8-9-25(3)4;1-24(2)14-11-17-15-23-19-5-3-6-20(21(17)19)27-22(26)16-7-9-18(10-8-16)25-12-4-13-25;1-2/h5-7,10-14,24H,8-9H2,1-4H3;3,5-10,15,23H,4,11-14H2,1-2H3;1-2H3. The van der Waals surface area contributed by atoms with E-state index in [1.807, 2.05) is 99.0 Å². The summed E-state index contributed by atoms with van der Waals surface area (Å²) in [6.07, 6.45) is 7.03. The molecule has 2 aromatic heterocycles. The molecule has 2 N–H and O–H groups in total. The number of fused-ring (bicyclic) bond motifs is 2. The van der Waals surface area contributed by atoms with Gasteiger partial charge in [0, 0.05) is 70.5 Å². The number of ether oxygens (including phenoxy) is 2. The molecule has 6 aromatic rings. The Kier molecular flexibility index (Phi) is 14.9. The number of benzene rings is 4. The molecule has 4 aromatic carbocycles. The van der Waals surface area contributed by atoms with Crippen molar-refractivity contribution >= 4 is 55.4 Å². The van der Waals surface area contributed by atoms with Crippen LogP contribution in [-0.2, 0) is 12.8 Å². The first kappa shape index (κ1) is 42.2. The maximum absolute atomic E-state index is 12.8. The minimum atomic E-state index is -0.342. The summed E-state index contributed by atoms with van der Waals surface area (Å²) < 4.78 is 12.5. The van der Waals surface area contributed by atoms with Gasteiger partial charge in [-0.2, -0.15) is 0 Å². The lowest BCUT2D eigenvalue weighted by Gasteiger charge is -2.33. The Morgan fingerprint density at radius 3 is 1.66 bits per heavy atom. The van der Waals surface area contributed by atoms with Crippen molar-refractivity contribution in [2.75, 3.05) is 59.3 Å². The molecule has 0 bridgehead atoms. The molecule has 0 radical (unpaired) electrons. The zero-order chi connectivity index (χ0) is 40.4. The van der Waals surface area contributed by atoms with Crippen LogP contribution in [0.15, 0.2) is 95.7 Å². The van der Waals surface area contributed by atoms with Gasteiger partial charge in [0.05, 0.1) is 11.1 Å². The Balaban J connectivity index is 0.000000205. The maximum Gasteiger partial charge on any atom is 0.343 e. The predicted molar refractivity (Wildman–Crippen MR) is 234 cm³/mol. The normalized spacial score (nSPS) is 12.3. The largest absolute Gasteiger partial charge is 0.422 e. The Labute approximate surface area is 340 Å². The monoisotopic (exact) mass is 821 g/mol. The molecule has 7 rings (SSSR count). The van der Waals surface area contributed by atoms with Crippen molar-refractivity contribution in [1.29, 1.82) is 0 Å². The topological polar surface area (TPSA) is 93.9 Å². The van der Waals surface area contributed by atoms with Crippen molar-refractivity contribution in [2.24, 2.45) is 0 Å². The zero-order valence-corrected chi connectivity index (χ0v) is 35.6. The number of hydrogen-bond donors (Lipinski definition) is 2. The third kappa shape index (κ3) is 10.7. The molecule has 1 aliphatic heterocycles. The molecule has 0 aliphatic carbocycles. The molecule has 1 saturated heterocycles. The number of nitrogens with zero attached hydrogens (tertiary/aromatic N) is 3. The summed E-state index contributed by atoms with van der Waals surface area (Å²) >= 11 is 3.50. The lowest BCUT2D eigenvalue weighted by atomic mass is 10.0. The number of aromatic amines is 2. The van der Waals surface area contributed by atoms with Gasteiger partial charge in [-0.15, -0.1) is 0 Å². The first-order valence-corrected chi connectivity index (χ1v) is 20.3. The first-order chi connectivity index (χ1) is 27.0. The van der Waals surface area contributed by atoms with Crippen LogP contribution in [0.25, 0.3) is 21.8 Å². The number of carbonyl (C=O) groups is 2. The molecule has 56 heavy (non-hydrogen) atoms. The van der Waals surface area contributed by atoms with E-state index in [4.69, 9.17) is 9.47 Å². The molecule has 1 aliphatic rings. The van der Waals surface area contributed by atoms with Crippen molar-refractivity contribution in [3.05, 3.63) is 124 Å². The van der Waals surface area contributed by atoms with Gasteiger partial charge >= 0.3 is 11.9 Å². The summed E-state index contributed by atoms with van der Waals surface area (Å²) in [6, 6.07) is 25.0. The van der Waals surface area contributed by atoms with Gasteiger partial charge in [-0.05, 0) is 137 Å². The summed E-state index contributed by atoms with van der Waals surface area (Å²) in [5, 5.41) is 1.97. The number of halogens is 1. The molecule has 0 atom stereocenters. The molecule has 10 heteroatoms. The van der Waals surface area contributed by atoms with Gasteiger partial charge in [0.1, 0.15) is 11.5 Å². The van der Waals surface area contributed by atoms with E-state index >= 15 is 0 Å². The molecule has 0 unspecified atom stereocenters. The quantitative estimate of drug-likeness (QED) is 0.0938. The number of carbonyl (C=O) groups excluding carboxylic acids is 2. The highest BCUT2D eigenvalue weighted by Gasteiger charge is 2.19. The number of aromatic nitrogens is 2. The average Bonchev–Trinajstić information content (AvgIpc) is 3.79. The fraction of sp³-hybridized carbons (Fsp3) is 0.348. The third-order valence-corrected chi connectivity index (χ3v) is 10.2. The van der Waals surface area contributed by atoms with Gasteiger partial charge in [0.15, 0.2) is 0 Å². The van der Waals surface area contributed by atoms with Gasteiger partial charge in [-0.1, -0.05) is 55.8 Å². The van der Waals surface area contributed by atoms with Crippen LogP contribution >= 0.6 is 15.9 Å². The molecule has 0 spiro atoms. The van der Waals surface area contributed by atoms with Crippen LogP contribution in [0.2, 0.25) is 0 Å². The zero-order valence-electron chi connectivity index (χ0n) is 34.0. The number of esters is 2. The minimum Gasteiger partial charge on any atom is -0.422 e. The number of anilines is 1. The van der Waals surface area contributed by atoms with Crippen LogP contribution in [-0.4, -0.2) is 86.1 Å². The lowest BCUT2D eigenvalue weighted by Crippen LogP contribution is -2.36. The molecular weight excluding hydrogens is 766 g/mol. The van der Waals surface area contributed by atoms with Gasteiger partial charge in [0.2, 0.25) is 0 Å². The highest BCUT2D eigenvalue weighted by Crippen LogP contribution is 2.32. The molecule has 3 heterocycles. The van der Waals surface area contributed by atoms with Gasteiger partial charge in [0.25, 0.3) is 0 Å². The van der Waals surface area contributed by atoms with Crippen LogP contribution in [0.1, 0.15) is 77.4 Å². The van der Waals surface area contributed by atoms with Crippen molar-refractivity contribution in [3.8, 4) is 11.5 Å². The Morgan fingerprint density at radius 2 is 1.21 bits per heavy atom. The smallest absolute Gasteiger partial charge is 0.343 e.